The van der Waals surface area contributed by atoms with E-state index in [4.69, 9.17) is 9.84 Å². The Hall–Kier alpha value is -2.39. The van der Waals surface area contributed by atoms with Gasteiger partial charge in [-0.2, -0.15) is 13.2 Å². The topological polar surface area (TPSA) is 49.8 Å². The third-order valence-electron chi connectivity index (χ3n) is 4.32. The van der Waals surface area contributed by atoms with Crippen LogP contribution in [0, 0.1) is 0 Å². The number of hydrogen-bond acceptors (Lipinski definition) is 5. The maximum atomic E-state index is 12.9. The molecular weight excluding hydrogens is 435 g/mol. The van der Waals surface area contributed by atoms with Gasteiger partial charge in [0.25, 0.3) is 0 Å². The Labute approximate surface area is 180 Å². The fourth-order valence-corrected chi connectivity index (χ4v) is 4.78. The average Bonchev–Trinajstić information content (AvgIpc) is 3.19. The van der Waals surface area contributed by atoms with Gasteiger partial charge < -0.3 is 14.7 Å². The van der Waals surface area contributed by atoms with E-state index in [9.17, 15) is 18.0 Å². The predicted octanol–water partition coefficient (Wildman–Crippen LogP) is 6.37. The molecule has 9 heteroatoms. The van der Waals surface area contributed by atoms with E-state index in [1.807, 2.05) is 28.5 Å². The lowest BCUT2D eigenvalue weighted by atomic mass is 10.1. The van der Waals surface area contributed by atoms with Crippen LogP contribution in [0.5, 0.6) is 0 Å². The van der Waals surface area contributed by atoms with Crippen LogP contribution in [0.3, 0.4) is 0 Å². The summed E-state index contributed by atoms with van der Waals surface area (Å²) in [6, 6.07) is 9.31. The number of rotatable bonds is 8. The monoisotopic (exact) mass is 455 g/mol. The highest BCUT2D eigenvalue weighted by molar-refractivity contribution is 8.03. The van der Waals surface area contributed by atoms with Crippen LogP contribution < -0.4 is 0 Å². The van der Waals surface area contributed by atoms with Crippen molar-refractivity contribution >= 4 is 29.3 Å². The zero-order chi connectivity index (χ0) is 21.6. The second-order valence-electron chi connectivity index (χ2n) is 6.55. The highest BCUT2D eigenvalue weighted by Gasteiger charge is 2.30. The lowest BCUT2D eigenvalue weighted by molar-refractivity contribution is -0.137. The molecule has 0 radical (unpaired) electrons. The number of aryl methyl sites for hydroxylation is 1. The number of halogens is 3. The molecule has 1 N–H and O–H groups in total. The zero-order valence-corrected chi connectivity index (χ0v) is 17.5. The quantitative estimate of drug-likeness (QED) is 0.370. The zero-order valence-electron chi connectivity index (χ0n) is 15.9. The Morgan fingerprint density at radius 1 is 1.27 bits per heavy atom. The lowest BCUT2D eigenvalue weighted by Crippen LogP contribution is -2.25. The molecule has 0 saturated heterocycles. The van der Waals surface area contributed by atoms with Gasteiger partial charge in [0.1, 0.15) is 5.03 Å². The third kappa shape index (κ3) is 6.30. The van der Waals surface area contributed by atoms with Gasteiger partial charge in [-0.1, -0.05) is 30.3 Å². The van der Waals surface area contributed by atoms with Crippen molar-refractivity contribution in [3.8, 4) is 0 Å². The van der Waals surface area contributed by atoms with Gasteiger partial charge in [-0.15, -0.1) is 23.1 Å². The van der Waals surface area contributed by atoms with E-state index < -0.39 is 17.9 Å². The molecule has 0 spiro atoms. The largest absolute Gasteiger partial charge is 0.511 e. The minimum absolute atomic E-state index is 0.273. The minimum atomic E-state index is -4.35. The number of ether oxygens (including phenoxy) is 1. The molecule has 0 unspecified atom stereocenters. The second-order valence-corrected chi connectivity index (χ2v) is 8.67. The van der Waals surface area contributed by atoms with E-state index in [0.29, 0.717) is 37.2 Å². The van der Waals surface area contributed by atoms with E-state index in [2.05, 4.69) is 0 Å². The molecule has 1 aromatic heterocycles. The van der Waals surface area contributed by atoms with Gasteiger partial charge in [0, 0.05) is 11.4 Å². The van der Waals surface area contributed by atoms with Crippen molar-refractivity contribution in [1.82, 2.24) is 4.90 Å². The van der Waals surface area contributed by atoms with Gasteiger partial charge in [-0.3, -0.25) is 0 Å². The summed E-state index contributed by atoms with van der Waals surface area (Å²) >= 11 is 3.07. The third-order valence-corrected chi connectivity index (χ3v) is 6.41. The van der Waals surface area contributed by atoms with Crippen molar-refractivity contribution in [2.45, 2.75) is 25.6 Å². The molecule has 0 fully saturated rings. The first-order valence-corrected chi connectivity index (χ1v) is 11.1. The van der Waals surface area contributed by atoms with Crippen LogP contribution in [0.4, 0.5) is 18.0 Å². The van der Waals surface area contributed by atoms with E-state index in [-0.39, 0.29) is 5.76 Å². The highest BCUT2D eigenvalue weighted by Crippen LogP contribution is 2.32. The Morgan fingerprint density at radius 2 is 2.10 bits per heavy atom. The first-order chi connectivity index (χ1) is 14.3. The number of hydrogen-bond donors (Lipinski definition) is 1. The molecule has 160 valence electrons. The number of benzene rings is 1. The average molecular weight is 456 g/mol. The van der Waals surface area contributed by atoms with E-state index >= 15 is 0 Å². The van der Waals surface area contributed by atoms with Crippen molar-refractivity contribution < 1.29 is 27.8 Å². The van der Waals surface area contributed by atoms with Gasteiger partial charge in [0.05, 0.1) is 12.1 Å². The summed E-state index contributed by atoms with van der Waals surface area (Å²) in [6.45, 7) is 1.25. The van der Waals surface area contributed by atoms with Gasteiger partial charge in [0.2, 0.25) is 0 Å². The van der Waals surface area contributed by atoms with Crippen LogP contribution in [0.15, 0.2) is 64.7 Å². The van der Waals surface area contributed by atoms with Gasteiger partial charge in [-0.25, -0.2) is 4.79 Å². The summed E-state index contributed by atoms with van der Waals surface area (Å²) < 4.78 is 43.5. The Bertz CT molecular complexity index is 924. The van der Waals surface area contributed by atoms with Crippen LogP contribution in [0.1, 0.15) is 22.4 Å². The second kappa shape index (κ2) is 10.1. The van der Waals surface area contributed by atoms with Crippen molar-refractivity contribution in [2.75, 3.05) is 12.3 Å². The molecule has 3 rings (SSSR count). The fraction of sp³-hybridized carbons (Fsp3) is 0.286. The van der Waals surface area contributed by atoms with E-state index in [1.165, 1.54) is 23.9 Å². The number of allylic oxidation sites excluding steroid dienone is 1. The molecule has 30 heavy (non-hydrogen) atoms. The number of alkyl halides is 3. The first kappa shape index (κ1) is 22.3. The van der Waals surface area contributed by atoms with Crippen LogP contribution in [0.2, 0.25) is 0 Å². The fourth-order valence-electron chi connectivity index (χ4n) is 3.01. The SMILES string of the molecule is O=C(O)OC1=C(SCCCc2cccc(C(F)(F)F)c2)N(Cc2cccs2)CC=C1. The summed E-state index contributed by atoms with van der Waals surface area (Å²) in [5.74, 6) is 0.890. The van der Waals surface area contributed by atoms with Crippen LogP contribution >= 0.6 is 23.1 Å². The molecule has 2 aromatic rings. The summed E-state index contributed by atoms with van der Waals surface area (Å²) in [4.78, 5) is 14.2. The maximum Gasteiger partial charge on any atom is 0.511 e. The number of nitrogens with zero attached hydrogens (tertiary/aromatic N) is 1. The predicted molar refractivity (Wildman–Crippen MR) is 112 cm³/mol. The molecule has 0 amide bonds. The number of carbonyl (C=O) groups is 1. The Balaban J connectivity index is 1.64. The van der Waals surface area contributed by atoms with E-state index in [1.54, 1.807) is 23.5 Å². The summed E-state index contributed by atoms with van der Waals surface area (Å²) in [5.41, 5.74) is -0.0209. The maximum absolute atomic E-state index is 12.9. The van der Waals surface area contributed by atoms with Crippen LogP contribution in [-0.2, 0) is 23.9 Å². The highest BCUT2D eigenvalue weighted by atomic mass is 32.2. The van der Waals surface area contributed by atoms with Gasteiger partial charge >= 0.3 is 12.3 Å². The Kier molecular flexibility index (Phi) is 7.49. The van der Waals surface area contributed by atoms with Crippen LogP contribution in [-0.4, -0.2) is 28.5 Å². The van der Waals surface area contributed by atoms with Crippen molar-refractivity contribution in [3.05, 3.63) is 80.7 Å². The van der Waals surface area contributed by atoms with Crippen molar-refractivity contribution in [1.29, 1.82) is 0 Å². The lowest BCUT2D eigenvalue weighted by Gasteiger charge is -2.29. The molecular formula is C21H20F3NO3S2. The molecule has 4 nitrogen and oxygen atoms in total. The minimum Gasteiger partial charge on any atom is -0.449 e. The number of carboxylic acid groups (broad SMARTS) is 1. The Morgan fingerprint density at radius 3 is 2.80 bits per heavy atom. The van der Waals surface area contributed by atoms with E-state index in [0.717, 1.165) is 16.0 Å². The molecule has 1 aliphatic heterocycles. The smallest absolute Gasteiger partial charge is 0.449 e. The van der Waals surface area contributed by atoms with Crippen molar-refractivity contribution in [3.63, 3.8) is 0 Å². The molecule has 1 aliphatic rings. The molecule has 1 aromatic carbocycles. The first-order valence-electron chi connectivity index (χ1n) is 9.21. The summed E-state index contributed by atoms with van der Waals surface area (Å²) in [7, 11) is 0. The standard InChI is InChI=1S/C21H20F3NO3S2/c22-21(23,24)16-7-1-5-15(13-16)6-3-12-30-19-18(28-20(26)27)9-2-10-25(19)14-17-8-4-11-29-17/h1-2,4-5,7-9,11,13H,3,6,10,12,14H2,(H,26,27). The summed E-state index contributed by atoms with van der Waals surface area (Å²) in [5, 5.41) is 11.7. The summed E-state index contributed by atoms with van der Waals surface area (Å²) in [6.07, 6.45) is -1.09. The van der Waals surface area contributed by atoms with Crippen molar-refractivity contribution in [2.24, 2.45) is 0 Å². The molecule has 0 saturated carbocycles. The molecule has 0 aliphatic carbocycles. The van der Waals surface area contributed by atoms with Gasteiger partial charge in [0.15, 0.2) is 5.76 Å². The molecule has 0 atom stereocenters. The molecule has 2 heterocycles. The van der Waals surface area contributed by atoms with Gasteiger partial charge in [-0.05, 0) is 47.7 Å². The molecule has 0 bridgehead atoms. The normalized spacial score (nSPS) is 14.3. The van der Waals surface area contributed by atoms with Crippen LogP contribution in [0.25, 0.3) is 0 Å². The number of thiophene rings is 1. The number of thioether (sulfide) groups is 1.